The maximum absolute atomic E-state index is 11.9. The molecule has 0 spiro atoms. The first-order chi connectivity index (χ1) is 14.4. The third-order valence-electron chi connectivity index (χ3n) is 4.09. The molecule has 0 saturated carbocycles. The fourth-order valence-corrected chi connectivity index (χ4v) is 3.21. The lowest BCUT2D eigenvalue weighted by molar-refractivity contribution is 0.252. The lowest BCUT2D eigenvalue weighted by Gasteiger charge is -2.08. The molecule has 0 saturated heterocycles. The summed E-state index contributed by atoms with van der Waals surface area (Å²) >= 11 is 15.5. The average Bonchev–Trinajstić information content (AvgIpc) is 2.71. The molecule has 8 heteroatoms. The van der Waals surface area contributed by atoms with Gasteiger partial charge < -0.3 is 10.1 Å². The monoisotopic (exact) mass is 505 g/mol. The van der Waals surface area contributed by atoms with Crippen LogP contribution in [-0.4, -0.2) is 12.2 Å². The van der Waals surface area contributed by atoms with E-state index in [1.165, 1.54) is 0 Å². The number of ether oxygens (including phenoxy) is 1. The SMILES string of the molecule is Cc1cc(NC(=O)N/N=C/c2ccc(OCc3ccc(Cl)cc3Cl)cc2)ccc1Br. The highest BCUT2D eigenvalue weighted by Crippen LogP contribution is 2.23. The van der Waals surface area contributed by atoms with Crippen LogP contribution in [-0.2, 0) is 6.61 Å². The molecule has 30 heavy (non-hydrogen) atoms. The van der Waals surface area contributed by atoms with E-state index in [-0.39, 0.29) is 0 Å². The molecule has 0 aromatic heterocycles. The van der Waals surface area contributed by atoms with Gasteiger partial charge in [0.1, 0.15) is 12.4 Å². The third-order valence-corrected chi connectivity index (χ3v) is 5.56. The van der Waals surface area contributed by atoms with Crippen LogP contribution in [0.25, 0.3) is 0 Å². The maximum atomic E-state index is 11.9. The first kappa shape index (κ1) is 22.2. The van der Waals surface area contributed by atoms with E-state index >= 15 is 0 Å². The highest BCUT2D eigenvalue weighted by molar-refractivity contribution is 9.10. The summed E-state index contributed by atoms with van der Waals surface area (Å²) in [4.78, 5) is 11.9. The number of anilines is 1. The van der Waals surface area contributed by atoms with Gasteiger partial charge in [-0.25, -0.2) is 10.2 Å². The fourth-order valence-electron chi connectivity index (χ4n) is 2.50. The van der Waals surface area contributed by atoms with Crippen LogP contribution in [0.1, 0.15) is 16.7 Å². The Morgan fingerprint density at radius 1 is 1.10 bits per heavy atom. The summed E-state index contributed by atoms with van der Waals surface area (Å²) in [5.41, 5.74) is 5.81. The second-order valence-corrected chi connectivity index (χ2v) is 8.08. The number of hydrogen-bond acceptors (Lipinski definition) is 3. The van der Waals surface area contributed by atoms with Crippen molar-refractivity contribution in [3.8, 4) is 5.75 Å². The lowest BCUT2D eigenvalue weighted by Crippen LogP contribution is -2.24. The Hall–Kier alpha value is -2.54. The van der Waals surface area contributed by atoms with Crippen LogP contribution in [0.4, 0.5) is 10.5 Å². The van der Waals surface area contributed by atoms with Gasteiger partial charge in [-0.05, 0) is 72.6 Å². The Morgan fingerprint density at radius 2 is 1.87 bits per heavy atom. The second kappa shape index (κ2) is 10.5. The Kier molecular flexibility index (Phi) is 7.74. The number of amides is 2. The first-order valence-electron chi connectivity index (χ1n) is 8.94. The zero-order chi connectivity index (χ0) is 21.5. The second-order valence-electron chi connectivity index (χ2n) is 6.38. The number of halogens is 3. The predicted molar refractivity (Wildman–Crippen MR) is 126 cm³/mol. The van der Waals surface area contributed by atoms with Crippen LogP contribution in [0.3, 0.4) is 0 Å². The van der Waals surface area contributed by atoms with E-state index in [9.17, 15) is 4.79 Å². The van der Waals surface area contributed by atoms with Gasteiger partial charge in [-0.2, -0.15) is 5.10 Å². The van der Waals surface area contributed by atoms with Crippen molar-refractivity contribution in [2.24, 2.45) is 5.10 Å². The number of rotatable bonds is 6. The number of carbonyl (C=O) groups is 1. The maximum Gasteiger partial charge on any atom is 0.339 e. The van der Waals surface area contributed by atoms with E-state index in [1.807, 2.05) is 49.4 Å². The number of benzene rings is 3. The van der Waals surface area contributed by atoms with Crippen molar-refractivity contribution in [3.05, 3.63) is 91.9 Å². The van der Waals surface area contributed by atoms with Crippen molar-refractivity contribution in [2.75, 3.05) is 5.32 Å². The molecule has 3 aromatic rings. The van der Waals surface area contributed by atoms with Crippen molar-refractivity contribution in [3.63, 3.8) is 0 Å². The van der Waals surface area contributed by atoms with E-state index in [4.69, 9.17) is 27.9 Å². The molecule has 0 bridgehead atoms. The van der Waals surface area contributed by atoms with Crippen molar-refractivity contribution in [1.82, 2.24) is 5.43 Å². The van der Waals surface area contributed by atoms with Crippen molar-refractivity contribution in [1.29, 1.82) is 0 Å². The normalized spacial score (nSPS) is 10.8. The standard InChI is InChI=1S/C22H18BrCl2N3O2/c1-14-10-18(6-9-20(14)23)27-22(29)28-26-12-15-2-7-19(8-3-15)30-13-16-4-5-17(24)11-21(16)25/h2-12H,13H2,1H3,(H2,27,28,29)/b26-12+. The molecule has 2 amide bonds. The zero-order valence-electron chi connectivity index (χ0n) is 16.0. The average molecular weight is 507 g/mol. The molecule has 0 unspecified atom stereocenters. The molecular weight excluding hydrogens is 489 g/mol. The van der Waals surface area contributed by atoms with Crippen molar-refractivity contribution < 1.29 is 9.53 Å². The van der Waals surface area contributed by atoms with Crippen LogP contribution in [0.15, 0.2) is 70.2 Å². The fraction of sp³-hybridized carbons (Fsp3) is 0.0909. The molecule has 0 heterocycles. The number of urea groups is 1. The van der Waals surface area contributed by atoms with Gasteiger partial charge in [0.25, 0.3) is 0 Å². The van der Waals surface area contributed by atoms with E-state index < -0.39 is 6.03 Å². The molecule has 0 radical (unpaired) electrons. The summed E-state index contributed by atoms with van der Waals surface area (Å²) in [5.74, 6) is 0.689. The number of nitrogens with zero attached hydrogens (tertiary/aromatic N) is 1. The number of hydrogen-bond donors (Lipinski definition) is 2. The molecule has 0 aliphatic heterocycles. The summed E-state index contributed by atoms with van der Waals surface area (Å²) in [5, 5.41) is 7.82. The van der Waals surface area contributed by atoms with Crippen molar-refractivity contribution in [2.45, 2.75) is 13.5 Å². The van der Waals surface area contributed by atoms with Gasteiger partial charge in [-0.15, -0.1) is 0 Å². The molecule has 0 aliphatic carbocycles. The summed E-state index contributed by atoms with van der Waals surface area (Å²) in [6, 6.07) is 17.7. The molecule has 2 N–H and O–H groups in total. The number of carbonyl (C=O) groups excluding carboxylic acids is 1. The molecule has 0 aliphatic rings. The summed E-state index contributed by atoms with van der Waals surface area (Å²) < 4.78 is 6.72. The van der Waals surface area contributed by atoms with Crippen LogP contribution < -0.4 is 15.5 Å². The Labute approximate surface area is 193 Å². The minimum atomic E-state index is -0.423. The van der Waals surface area contributed by atoms with E-state index in [1.54, 1.807) is 24.4 Å². The smallest absolute Gasteiger partial charge is 0.339 e. The number of hydrazone groups is 1. The summed E-state index contributed by atoms with van der Waals surface area (Å²) in [7, 11) is 0. The highest BCUT2D eigenvalue weighted by atomic mass is 79.9. The minimum Gasteiger partial charge on any atom is -0.489 e. The lowest BCUT2D eigenvalue weighted by atomic mass is 10.2. The Bertz CT molecular complexity index is 1070. The molecular formula is C22H18BrCl2N3O2. The van der Waals surface area contributed by atoms with Gasteiger partial charge in [0.15, 0.2) is 0 Å². The number of nitrogens with one attached hydrogen (secondary N) is 2. The van der Waals surface area contributed by atoms with Gasteiger partial charge in [0.2, 0.25) is 0 Å². The van der Waals surface area contributed by atoms with Crippen LogP contribution in [0.5, 0.6) is 5.75 Å². The molecule has 3 rings (SSSR count). The topological polar surface area (TPSA) is 62.7 Å². The van der Waals surface area contributed by atoms with Gasteiger partial charge in [-0.1, -0.05) is 45.2 Å². The molecule has 0 fully saturated rings. The largest absolute Gasteiger partial charge is 0.489 e. The quantitative estimate of drug-likeness (QED) is 0.285. The van der Waals surface area contributed by atoms with E-state index in [0.29, 0.717) is 28.1 Å². The van der Waals surface area contributed by atoms with Crippen LogP contribution >= 0.6 is 39.1 Å². The molecule has 3 aromatic carbocycles. The summed E-state index contributed by atoms with van der Waals surface area (Å²) in [6.07, 6.45) is 1.55. The van der Waals surface area contributed by atoms with E-state index in [2.05, 4.69) is 31.8 Å². The van der Waals surface area contributed by atoms with Gasteiger partial charge >= 0.3 is 6.03 Å². The van der Waals surface area contributed by atoms with Crippen molar-refractivity contribution >= 4 is 57.1 Å². The van der Waals surface area contributed by atoms with Gasteiger partial charge in [0.05, 0.1) is 6.21 Å². The van der Waals surface area contributed by atoms with E-state index in [0.717, 1.165) is 21.2 Å². The highest BCUT2D eigenvalue weighted by Gasteiger charge is 2.04. The molecule has 5 nitrogen and oxygen atoms in total. The van der Waals surface area contributed by atoms with Crippen LogP contribution in [0, 0.1) is 6.92 Å². The predicted octanol–water partition coefficient (Wildman–Crippen LogP) is 6.80. The first-order valence-corrected chi connectivity index (χ1v) is 10.5. The molecule has 0 atom stereocenters. The minimum absolute atomic E-state index is 0.334. The van der Waals surface area contributed by atoms with Gasteiger partial charge in [0, 0.05) is 25.8 Å². The zero-order valence-corrected chi connectivity index (χ0v) is 19.1. The summed E-state index contributed by atoms with van der Waals surface area (Å²) in [6.45, 7) is 2.28. The Morgan fingerprint density at radius 3 is 2.57 bits per heavy atom. The third kappa shape index (κ3) is 6.49. The van der Waals surface area contributed by atoms with Gasteiger partial charge in [-0.3, -0.25) is 0 Å². The number of aryl methyl sites for hydroxylation is 1. The van der Waals surface area contributed by atoms with Crippen LogP contribution in [0.2, 0.25) is 10.0 Å². The Balaban J connectivity index is 1.49. The molecule has 154 valence electrons.